The summed E-state index contributed by atoms with van der Waals surface area (Å²) in [6.07, 6.45) is -1.31. The minimum absolute atomic E-state index is 0.131. The molecular formula is C17H17FN2O7. The quantitative estimate of drug-likeness (QED) is 0.654. The Morgan fingerprint density at radius 3 is 2.67 bits per heavy atom. The van der Waals surface area contributed by atoms with Crippen molar-refractivity contribution in [3.63, 3.8) is 0 Å². The molecule has 144 valence electrons. The number of ether oxygens (including phenoxy) is 2. The van der Waals surface area contributed by atoms with E-state index in [1.165, 1.54) is 12.1 Å². The minimum atomic E-state index is -1.12. The van der Waals surface area contributed by atoms with Crippen molar-refractivity contribution >= 4 is 5.97 Å². The summed E-state index contributed by atoms with van der Waals surface area (Å²) in [5, 5.41) is 18.4. The predicted octanol–water partition coefficient (Wildman–Crippen LogP) is 0.239. The first-order chi connectivity index (χ1) is 12.9. The van der Waals surface area contributed by atoms with Gasteiger partial charge in [-0.15, -0.1) is 0 Å². The van der Waals surface area contributed by atoms with Gasteiger partial charge in [-0.2, -0.15) is 4.39 Å². The number of carboxylic acid groups (broad SMARTS) is 1. The zero-order valence-electron chi connectivity index (χ0n) is 14.0. The number of carboxylic acids is 1. The van der Waals surface area contributed by atoms with E-state index in [-0.39, 0.29) is 25.2 Å². The molecule has 1 fully saturated rings. The normalized spacial score (nSPS) is 22.1. The second kappa shape index (κ2) is 7.82. The average Bonchev–Trinajstić information content (AvgIpc) is 3.06. The molecular weight excluding hydrogens is 363 g/mol. The number of nitrogens with one attached hydrogen (secondary N) is 1. The monoisotopic (exact) mass is 380 g/mol. The summed E-state index contributed by atoms with van der Waals surface area (Å²) < 4.78 is 25.6. The van der Waals surface area contributed by atoms with E-state index in [0.717, 1.165) is 10.8 Å². The lowest BCUT2D eigenvalue weighted by Crippen LogP contribution is -2.34. The van der Waals surface area contributed by atoms with Crippen molar-refractivity contribution in [1.29, 1.82) is 0 Å². The SMILES string of the molecule is O=C(O)c1ccc(CO[C@H]2C[C@H](n3cc(F)c(=O)[nH]c3=O)O[C@@H]2CO)cc1. The number of aromatic carboxylic acids is 1. The van der Waals surface area contributed by atoms with E-state index in [4.69, 9.17) is 14.6 Å². The average molecular weight is 380 g/mol. The Bertz CT molecular complexity index is 938. The number of nitrogens with zero attached hydrogens (tertiary/aromatic N) is 1. The summed E-state index contributed by atoms with van der Waals surface area (Å²) in [5.74, 6) is -2.16. The first kappa shape index (κ1) is 19.0. The van der Waals surface area contributed by atoms with E-state index in [1.54, 1.807) is 12.1 Å². The minimum Gasteiger partial charge on any atom is -0.478 e. The molecule has 2 heterocycles. The molecule has 0 bridgehead atoms. The maximum Gasteiger partial charge on any atom is 0.335 e. The van der Waals surface area contributed by atoms with Gasteiger partial charge in [0.25, 0.3) is 5.56 Å². The van der Waals surface area contributed by atoms with Crippen LogP contribution in [0.2, 0.25) is 0 Å². The summed E-state index contributed by atoms with van der Waals surface area (Å²) in [4.78, 5) is 35.7. The molecule has 1 aliphatic heterocycles. The van der Waals surface area contributed by atoms with Gasteiger partial charge in [-0.05, 0) is 17.7 Å². The van der Waals surface area contributed by atoms with Crippen molar-refractivity contribution in [1.82, 2.24) is 9.55 Å². The summed E-state index contributed by atoms with van der Waals surface area (Å²) in [5.41, 5.74) is -1.08. The lowest BCUT2D eigenvalue weighted by Gasteiger charge is -2.16. The van der Waals surface area contributed by atoms with Gasteiger partial charge in [-0.3, -0.25) is 14.3 Å². The van der Waals surface area contributed by atoms with Gasteiger partial charge in [0, 0.05) is 6.42 Å². The molecule has 0 radical (unpaired) electrons. The Hall–Kier alpha value is -2.82. The fourth-order valence-electron chi connectivity index (χ4n) is 2.83. The Labute approximate surface area is 151 Å². The van der Waals surface area contributed by atoms with Crippen molar-refractivity contribution in [3.8, 4) is 0 Å². The molecule has 1 saturated heterocycles. The standard InChI is InChI=1S/C17H17FN2O7/c18-11-6-20(17(25)19-15(11)22)14-5-12(13(7-21)27-14)26-8-9-1-3-10(4-2-9)16(23)24/h1-4,6,12-14,21H,5,7-8H2,(H,23,24)(H,19,22,25)/t12-,13+,14+/m0/s1. The van der Waals surface area contributed by atoms with Crippen molar-refractivity contribution in [2.45, 2.75) is 31.5 Å². The van der Waals surface area contributed by atoms with E-state index in [0.29, 0.717) is 5.56 Å². The highest BCUT2D eigenvalue weighted by Crippen LogP contribution is 2.30. The Morgan fingerprint density at radius 1 is 1.33 bits per heavy atom. The van der Waals surface area contributed by atoms with Crippen LogP contribution in [-0.2, 0) is 16.1 Å². The molecule has 1 aromatic heterocycles. The molecule has 1 aliphatic rings. The third kappa shape index (κ3) is 4.13. The van der Waals surface area contributed by atoms with E-state index in [2.05, 4.69) is 0 Å². The molecule has 1 aromatic carbocycles. The number of halogens is 1. The fourth-order valence-corrected chi connectivity index (χ4v) is 2.83. The number of aromatic nitrogens is 2. The zero-order chi connectivity index (χ0) is 19.6. The number of hydrogen-bond acceptors (Lipinski definition) is 6. The molecule has 0 amide bonds. The third-order valence-electron chi connectivity index (χ3n) is 4.26. The van der Waals surface area contributed by atoms with Crippen molar-refractivity contribution < 1.29 is 28.9 Å². The number of rotatable bonds is 6. The van der Waals surface area contributed by atoms with Crippen LogP contribution in [0.15, 0.2) is 40.1 Å². The fraction of sp³-hybridized carbons (Fsp3) is 0.353. The van der Waals surface area contributed by atoms with Gasteiger partial charge < -0.3 is 19.7 Å². The molecule has 9 nitrogen and oxygen atoms in total. The Balaban J connectivity index is 1.69. The van der Waals surface area contributed by atoms with Crippen LogP contribution >= 0.6 is 0 Å². The highest BCUT2D eigenvalue weighted by atomic mass is 19.1. The number of carbonyl (C=O) groups is 1. The number of aliphatic hydroxyl groups is 1. The van der Waals surface area contributed by atoms with E-state index in [1.807, 2.05) is 4.98 Å². The summed E-state index contributed by atoms with van der Waals surface area (Å²) in [6.45, 7) is -0.244. The first-order valence-corrected chi connectivity index (χ1v) is 8.10. The van der Waals surface area contributed by atoms with Gasteiger partial charge in [0.1, 0.15) is 12.3 Å². The second-order valence-corrected chi connectivity index (χ2v) is 6.04. The smallest absolute Gasteiger partial charge is 0.335 e. The van der Waals surface area contributed by atoms with Crippen molar-refractivity contribution in [2.75, 3.05) is 6.61 Å². The number of benzene rings is 1. The van der Waals surface area contributed by atoms with Crippen LogP contribution in [0.3, 0.4) is 0 Å². The highest BCUT2D eigenvalue weighted by molar-refractivity contribution is 5.87. The maximum absolute atomic E-state index is 13.5. The van der Waals surface area contributed by atoms with Crippen LogP contribution in [0.25, 0.3) is 0 Å². The van der Waals surface area contributed by atoms with Gasteiger partial charge in [-0.1, -0.05) is 12.1 Å². The van der Waals surface area contributed by atoms with Crippen molar-refractivity contribution in [2.24, 2.45) is 0 Å². The molecule has 0 saturated carbocycles. The maximum atomic E-state index is 13.5. The van der Waals surface area contributed by atoms with Crippen LogP contribution in [0.1, 0.15) is 28.6 Å². The molecule has 0 unspecified atom stereocenters. The van der Waals surface area contributed by atoms with Crippen LogP contribution < -0.4 is 11.2 Å². The number of aromatic amines is 1. The van der Waals surface area contributed by atoms with E-state index >= 15 is 0 Å². The van der Waals surface area contributed by atoms with Crippen LogP contribution in [0.5, 0.6) is 0 Å². The molecule has 3 N–H and O–H groups in total. The van der Waals surface area contributed by atoms with Crippen LogP contribution in [-0.4, -0.2) is 44.5 Å². The lowest BCUT2D eigenvalue weighted by molar-refractivity contribution is -0.0659. The van der Waals surface area contributed by atoms with Crippen LogP contribution in [0.4, 0.5) is 4.39 Å². The molecule has 10 heteroatoms. The molecule has 2 aromatic rings. The van der Waals surface area contributed by atoms with Gasteiger partial charge in [0.05, 0.1) is 31.1 Å². The molecule has 27 heavy (non-hydrogen) atoms. The van der Waals surface area contributed by atoms with Crippen LogP contribution in [0, 0.1) is 5.82 Å². The van der Waals surface area contributed by atoms with E-state index in [9.17, 15) is 23.9 Å². The first-order valence-electron chi connectivity index (χ1n) is 8.10. The Morgan fingerprint density at radius 2 is 2.04 bits per heavy atom. The number of hydrogen-bond donors (Lipinski definition) is 3. The van der Waals surface area contributed by atoms with Gasteiger partial charge in [0.2, 0.25) is 5.82 Å². The molecule has 0 spiro atoms. The van der Waals surface area contributed by atoms with Gasteiger partial charge >= 0.3 is 11.7 Å². The molecule has 3 rings (SSSR count). The Kier molecular flexibility index (Phi) is 5.49. The third-order valence-corrected chi connectivity index (χ3v) is 4.26. The topological polar surface area (TPSA) is 131 Å². The largest absolute Gasteiger partial charge is 0.478 e. The van der Waals surface area contributed by atoms with Gasteiger partial charge in [-0.25, -0.2) is 9.59 Å². The number of aliphatic hydroxyl groups excluding tert-OH is 1. The van der Waals surface area contributed by atoms with E-state index < -0.39 is 41.5 Å². The predicted molar refractivity (Wildman–Crippen MR) is 88.9 cm³/mol. The summed E-state index contributed by atoms with van der Waals surface area (Å²) >= 11 is 0. The molecule has 3 atom stereocenters. The lowest BCUT2D eigenvalue weighted by atomic mass is 10.1. The molecule has 0 aliphatic carbocycles. The van der Waals surface area contributed by atoms with Crippen molar-refractivity contribution in [3.05, 3.63) is 68.2 Å². The second-order valence-electron chi connectivity index (χ2n) is 6.04. The summed E-state index contributed by atoms with van der Waals surface area (Å²) in [7, 11) is 0. The zero-order valence-corrected chi connectivity index (χ0v) is 14.0. The van der Waals surface area contributed by atoms with Gasteiger partial charge in [0.15, 0.2) is 0 Å². The summed E-state index contributed by atoms with van der Waals surface area (Å²) in [6, 6.07) is 6.10. The number of H-pyrrole nitrogens is 1. The highest BCUT2D eigenvalue weighted by Gasteiger charge is 2.37.